The third-order valence-electron chi connectivity index (χ3n) is 2.06. The number of ether oxygens (including phenoxy) is 1. The lowest BCUT2D eigenvalue weighted by molar-refractivity contribution is 0.191. The van der Waals surface area contributed by atoms with Gasteiger partial charge in [0, 0.05) is 0 Å². The van der Waals surface area contributed by atoms with E-state index in [4.69, 9.17) is 4.74 Å². The molecule has 0 aliphatic carbocycles. The molecule has 0 N–H and O–H groups in total. The molecule has 2 heteroatoms. The minimum atomic E-state index is -0.281. The Morgan fingerprint density at radius 2 is 1.93 bits per heavy atom. The van der Waals surface area contributed by atoms with Gasteiger partial charge in [-0.3, -0.25) is 0 Å². The van der Waals surface area contributed by atoms with Crippen molar-refractivity contribution in [1.82, 2.24) is 0 Å². The van der Waals surface area contributed by atoms with E-state index >= 15 is 0 Å². The molecule has 0 fully saturated rings. The van der Waals surface area contributed by atoms with Gasteiger partial charge >= 0.3 is 0 Å². The summed E-state index contributed by atoms with van der Waals surface area (Å²) in [5, 5.41) is 0. The molecule has 0 spiro atoms. The van der Waals surface area contributed by atoms with Crippen LogP contribution in [-0.4, -0.2) is 6.61 Å². The van der Waals surface area contributed by atoms with Gasteiger partial charge < -0.3 is 4.74 Å². The summed E-state index contributed by atoms with van der Waals surface area (Å²) in [6.07, 6.45) is 0.895. The van der Waals surface area contributed by atoms with Crippen molar-refractivity contribution in [2.75, 3.05) is 6.61 Å². The SMILES string of the molecule is CCc1ccc(F)c(OCC(C)(C)C)c1. The summed E-state index contributed by atoms with van der Waals surface area (Å²) in [5.41, 5.74) is 1.15. The van der Waals surface area contributed by atoms with E-state index in [-0.39, 0.29) is 11.2 Å². The van der Waals surface area contributed by atoms with Gasteiger partial charge in [-0.05, 0) is 29.5 Å². The average molecular weight is 210 g/mol. The van der Waals surface area contributed by atoms with Crippen LogP contribution in [0.3, 0.4) is 0 Å². The van der Waals surface area contributed by atoms with E-state index in [0.717, 1.165) is 12.0 Å². The molecule has 1 nitrogen and oxygen atoms in total. The second-order valence-electron chi connectivity index (χ2n) is 4.97. The predicted molar refractivity (Wildman–Crippen MR) is 60.7 cm³/mol. The van der Waals surface area contributed by atoms with Crippen LogP contribution in [0.4, 0.5) is 4.39 Å². The maximum absolute atomic E-state index is 13.4. The Balaban J connectivity index is 2.75. The van der Waals surface area contributed by atoms with E-state index in [1.54, 1.807) is 12.1 Å². The standard InChI is InChI=1S/C13H19FO/c1-5-10-6-7-11(14)12(8-10)15-9-13(2,3)4/h6-8H,5,9H2,1-4H3. The first-order valence-electron chi connectivity index (χ1n) is 5.33. The topological polar surface area (TPSA) is 9.23 Å². The third kappa shape index (κ3) is 3.90. The van der Waals surface area contributed by atoms with Crippen LogP contribution in [0.25, 0.3) is 0 Å². The van der Waals surface area contributed by atoms with E-state index in [2.05, 4.69) is 20.8 Å². The highest BCUT2D eigenvalue weighted by Gasteiger charge is 2.13. The first-order chi connectivity index (χ1) is 6.92. The molecule has 0 atom stereocenters. The van der Waals surface area contributed by atoms with Crippen molar-refractivity contribution in [2.45, 2.75) is 34.1 Å². The summed E-state index contributed by atoms with van der Waals surface area (Å²) in [6, 6.07) is 5.04. The van der Waals surface area contributed by atoms with Crippen molar-refractivity contribution in [2.24, 2.45) is 5.41 Å². The highest BCUT2D eigenvalue weighted by Crippen LogP contribution is 2.22. The minimum Gasteiger partial charge on any atom is -0.490 e. The summed E-state index contributed by atoms with van der Waals surface area (Å²) in [5.74, 6) is 0.0840. The lowest BCUT2D eigenvalue weighted by Gasteiger charge is -2.19. The molecule has 0 aromatic heterocycles. The first kappa shape index (κ1) is 12.0. The van der Waals surface area contributed by atoms with Crippen LogP contribution in [0, 0.1) is 11.2 Å². The van der Waals surface area contributed by atoms with Crippen LogP contribution >= 0.6 is 0 Å². The van der Waals surface area contributed by atoms with Gasteiger partial charge in [0.2, 0.25) is 0 Å². The molecule has 0 unspecified atom stereocenters. The molecule has 84 valence electrons. The monoisotopic (exact) mass is 210 g/mol. The molecule has 0 saturated carbocycles. The zero-order chi connectivity index (χ0) is 11.5. The minimum absolute atomic E-state index is 0.0503. The summed E-state index contributed by atoms with van der Waals surface area (Å²) < 4.78 is 18.8. The fraction of sp³-hybridized carbons (Fsp3) is 0.538. The van der Waals surface area contributed by atoms with Gasteiger partial charge in [-0.25, -0.2) is 4.39 Å². The van der Waals surface area contributed by atoms with Crippen molar-refractivity contribution in [3.63, 3.8) is 0 Å². The molecular formula is C13H19FO. The molecule has 1 aromatic carbocycles. The van der Waals surface area contributed by atoms with Crippen LogP contribution in [0.15, 0.2) is 18.2 Å². The number of hydrogen-bond acceptors (Lipinski definition) is 1. The van der Waals surface area contributed by atoms with E-state index in [0.29, 0.717) is 12.4 Å². The predicted octanol–water partition coefficient (Wildman–Crippen LogP) is 3.81. The van der Waals surface area contributed by atoms with Crippen molar-refractivity contribution in [1.29, 1.82) is 0 Å². The maximum atomic E-state index is 13.4. The lowest BCUT2D eigenvalue weighted by atomic mass is 9.99. The normalized spacial score (nSPS) is 11.5. The molecule has 1 aromatic rings. The summed E-state index contributed by atoms with van der Waals surface area (Å²) in [7, 11) is 0. The Bertz CT molecular complexity index is 326. The zero-order valence-electron chi connectivity index (χ0n) is 9.93. The van der Waals surface area contributed by atoms with Crippen LogP contribution in [0.2, 0.25) is 0 Å². The Morgan fingerprint density at radius 1 is 1.27 bits per heavy atom. The highest BCUT2D eigenvalue weighted by atomic mass is 19.1. The molecule has 0 saturated heterocycles. The lowest BCUT2D eigenvalue weighted by Crippen LogP contribution is -2.17. The fourth-order valence-corrected chi connectivity index (χ4v) is 1.17. The van der Waals surface area contributed by atoms with Gasteiger partial charge in [-0.15, -0.1) is 0 Å². The van der Waals surface area contributed by atoms with Crippen molar-refractivity contribution < 1.29 is 9.13 Å². The van der Waals surface area contributed by atoms with Gasteiger partial charge in [0.25, 0.3) is 0 Å². The number of rotatable bonds is 3. The van der Waals surface area contributed by atoms with Gasteiger partial charge in [-0.2, -0.15) is 0 Å². The van der Waals surface area contributed by atoms with Crippen LogP contribution in [0.1, 0.15) is 33.3 Å². The van der Waals surface area contributed by atoms with E-state index < -0.39 is 0 Å². The largest absolute Gasteiger partial charge is 0.490 e. The van der Waals surface area contributed by atoms with Crippen LogP contribution in [-0.2, 0) is 6.42 Å². The van der Waals surface area contributed by atoms with Crippen molar-refractivity contribution >= 4 is 0 Å². The second-order valence-corrected chi connectivity index (χ2v) is 4.97. The summed E-state index contributed by atoms with van der Waals surface area (Å²) >= 11 is 0. The molecule has 15 heavy (non-hydrogen) atoms. The summed E-state index contributed by atoms with van der Waals surface area (Å²) in [6.45, 7) is 8.76. The second kappa shape index (κ2) is 4.65. The van der Waals surface area contributed by atoms with Gasteiger partial charge in [0.05, 0.1) is 6.61 Å². The molecule has 0 aliphatic heterocycles. The molecule has 1 rings (SSSR count). The maximum Gasteiger partial charge on any atom is 0.165 e. The van der Waals surface area contributed by atoms with Crippen molar-refractivity contribution in [3.05, 3.63) is 29.6 Å². The highest BCUT2D eigenvalue weighted by molar-refractivity contribution is 5.30. The molecular weight excluding hydrogens is 191 g/mol. The number of aryl methyl sites for hydroxylation is 1. The average Bonchev–Trinajstić information content (AvgIpc) is 2.15. The molecule has 0 amide bonds. The van der Waals surface area contributed by atoms with Crippen LogP contribution in [0.5, 0.6) is 5.75 Å². The summed E-state index contributed by atoms with van der Waals surface area (Å²) in [4.78, 5) is 0. The van der Waals surface area contributed by atoms with E-state index in [1.807, 2.05) is 6.92 Å². The molecule has 0 heterocycles. The van der Waals surface area contributed by atoms with Crippen molar-refractivity contribution in [3.8, 4) is 5.75 Å². The Morgan fingerprint density at radius 3 is 2.47 bits per heavy atom. The first-order valence-corrected chi connectivity index (χ1v) is 5.33. The van der Waals surface area contributed by atoms with Gasteiger partial charge in [-0.1, -0.05) is 33.8 Å². The van der Waals surface area contributed by atoms with E-state index in [9.17, 15) is 4.39 Å². The van der Waals surface area contributed by atoms with Gasteiger partial charge in [0.15, 0.2) is 11.6 Å². The number of hydrogen-bond donors (Lipinski definition) is 0. The molecule has 0 radical (unpaired) electrons. The molecule has 0 bridgehead atoms. The fourth-order valence-electron chi connectivity index (χ4n) is 1.17. The third-order valence-corrected chi connectivity index (χ3v) is 2.06. The smallest absolute Gasteiger partial charge is 0.165 e. The van der Waals surface area contributed by atoms with Gasteiger partial charge in [0.1, 0.15) is 0 Å². The number of halogens is 1. The molecule has 0 aliphatic rings. The Hall–Kier alpha value is -1.05. The Labute approximate surface area is 91.3 Å². The number of benzene rings is 1. The quantitative estimate of drug-likeness (QED) is 0.737. The Kier molecular flexibility index (Phi) is 3.72. The van der Waals surface area contributed by atoms with Crippen LogP contribution < -0.4 is 4.74 Å². The van der Waals surface area contributed by atoms with E-state index in [1.165, 1.54) is 6.07 Å². The zero-order valence-corrected chi connectivity index (χ0v) is 9.93.